The summed E-state index contributed by atoms with van der Waals surface area (Å²) in [5.41, 5.74) is -0.352. The molecule has 1 aliphatic heterocycles. The molecule has 1 N–H and O–H groups in total. The Kier molecular flexibility index (Phi) is 8.19. The molecule has 12 heteroatoms. The van der Waals surface area contributed by atoms with Gasteiger partial charge in [0.2, 0.25) is 0 Å². The second-order valence-corrected chi connectivity index (χ2v) is 9.56. The van der Waals surface area contributed by atoms with Crippen molar-refractivity contribution in [3.8, 4) is 5.75 Å². The Labute approximate surface area is 207 Å². The number of aliphatic carboxylic acids is 1. The Bertz CT molecular complexity index is 976. The molecule has 2 aliphatic rings. The number of methoxy groups -OCH3 is 1. The number of hydrogen-bond donors (Lipinski definition) is 1. The SMILES string of the molecule is COCCN1C(=O)N(CCC(=O)O)CC12CCC(c1cccc(OC(=O)C(F)(F)F)c1)(N(C)C)CC2. The highest BCUT2D eigenvalue weighted by Crippen LogP contribution is 2.49. The molecule has 1 aromatic rings. The van der Waals surface area contributed by atoms with Crippen LogP contribution >= 0.6 is 0 Å². The van der Waals surface area contributed by atoms with Gasteiger partial charge in [0.25, 0.3) is 0 Å². The van der Waals surface area contributed by atoms with Crippen LogP contribution in [0.15, 0.2) is 24.3 Å². The summed E-state index contributed by atoms with van der Waals surface area (Å²) in [4.78, 5) is 40.9. The predicted molar refractivity (Wildman–Crippen MR) is 122 cm³/mol. The second kappa shape index (κ2) is 10.6. The fourth-order valence-corrected chi connectivity index (χ4v) is 5.37. The smallest absolute Gasteiger partial charge is 0.481 e. The number of rotatable bonds is 9. The van der Waals surface area contributed by atoms with E-state index >= 15 is 0 Å². The number of carboxylic acids is 1. The number of esters is 1. The number of benzene rings is 1. The number of halogens is 3. The first-order valence-electron chi connectivity index (χ1n) is 11.7. The summed E-state index contributed by atoms with van der Waals surface area (Å²) in [6, 6.07) is 5.91. The van der Waals surface area contributed by atoms with E-state index in [-0.39, 0.29) is 24.7 Å². The van der Waals surface area contributed by atoms with Crippen molar-refractivity contribution in [1.29, 1.82) is 0 Å². The van der Waals surface area contributed by atoms with Crippen LogP contribution in [0.2, 0.25) is 0 Å². The molecular formula is C24H32F3N3O6. The van der Waals surface area contributed by atoms with E-state index in [1.54, 1.807) is 29.0 Å². The van der Waals surface area contributed by atoms with Crippen molar-refractivity contribution in [3.05, 3.63) is 29.8 Å². The molecule has 0 atom stereocenters. The number of amides is 2. The minimum absolute atomic E-state index is 0.116. The van der Waals surface area contributed by atoms with Gasteiger partial charge in [-0.15, -0.1) is 0 Å². The third-order valence-electron chi connectivity index (χ3n) is 7.35. The normalized spacial score (nSPS) is 24.6. The number of carboxylic acid groups (broad SMARTS) is 1. The zero-order valence-corrected chi connectivity index (χ0v) is 20.6. The zero-order chi connectivity index (χ0) is 26.7. The molecule has 1 heterocycles. The lowest BCUT2D eigenvalue weighted by molar-refractivity contribution is -0.189. The van der Waals surface area contributed by atoms with E-state index in [1.807, 2.05) is 19.0 Å². The van der Waals surface area contributed by atoms with Crippen LogP contribution in [-0.2, 0) is 19.9 Å². The van der Waals surface area contributed by atoms with Gasteiger partial charge in [0.05, 0.1) is 18.6 Å². The monoisotopic (exact) mass is 515 g/mol. The molecule has 1 saturated carbocycles. The fourth-order valence-electron chi connectivity index (χ4n) is 5.37. The zero-order valence-electron chi connectivity index (χ0n) is 20.6. The summed E-state index contributed by atoms with van der Waals surface area (Å²) in [7, 11) is 5.31. The van der Waals surface area contributed by atoms with E-state index in [1.165, 1.54) is 12.1 Å². The van der Waals surface area contributed by atoms with Gasteiger partial charge in [0.1, 0.15) is 5.75 Å². The van der Waals surface area contributed by atoms with Gasteiger partial charge in [-0.25, -0.2) is 9.59 Å². The minimum atomic E-state index is -5.10. The second-order valence-electron chi connectivity index (χ2n) is 9.56. The fraction of sp³-hybridized carbons (Fsp3) is 0.625. The molecule has 0 aromatic heterocycles. The van der Waals surface area contributed by atoms with Crippen molar-refractivity contribution in [2.24, 2.45) is 0 Å². The van der Waals surface area contributed by atoms with Crippen molar-refractivity contribution in [2.75, 3.05) is 47.4 Å². The predicted octanol–water partition coefficient (Wildman–Crippen LogP) is 3.08. The average Bonchev–Trinajstić information content (AvgIpc) is 3.06. The van der Waals surface area contributed by atoms with Gasteiger partial charge in [-0.2, -0.15) is 13.2 Å². The van der Waals surface area contributed by atoms with Gasteiger partial charge < -0.3 is 24.4 Å². The van der Waals surface area contributed by atoms with Crippen LogP contribution in [0.1, 0.15) is 37.7 Å². The third-order valence-corrected chi connectivity index (χ3v) is 7.35. The van der Waals surface area contributed by atoms with Crippen molar-refractivity contribution < 1.29 is 42.1 Å². The van der Waals surface area contributed by atoms with E-state index in [0.717, 1.165) is 0 Å². The lowest BCUT2D eigenvalue weighted by Gasteiger charge is -2.51. The van der Waals surface area contributed by atoms with Crippen LogP contribution in [0, 0.1) is 0 Å². The Morgan fingerprint density at radius 2 is 1.81 bits per heavy atom. The van der Waals surface area contributed by atoms with Crippen LogP contribution < -0.4 is 4.74 Å². The number of alkyl halides is 3. The van der Waals surface area contributed by atoms with Gasteiger partial charge >= 0.3 is 24.1 Å². The minimum Gasteiger partial charge on any atom is -0.481 e. The first-order chi connectivity index (χ1) is 16.8. The molecule has 1 spiro atoms. The molecule has 0 radical (unpaired) electrons. The van der Waals surface area contributed by atoms with Crippen molar-refractivity contribution >= 4 is 18.0 Å². The summed E-state index contributed by atoms with van der Waals surface area (Å²) in [5.74, 6) is -3.44. The quantitative estimate of drug-likeness (QED) is 0.399. The highest BCUT2D eigenvalue weighted by molar-refractivity contribution is 5.79. The van der Waals surface area contributed by atoms with E-state index in [9.17, 15) is 27.6 Å². The summed E-state index contributed by atoms with van der Waals surface area (Å²) >= 11 is 0. The number of hydrogen-bond acceptors (Lipinski definition) is 6. The first kappa shape index (κ1) is 27.7. The van der Waals surface area contributed by atoms with Gasteiger partial charge in [-0.05, 0) is 57.5 Å². The molecule has 1 aliphatic carbocycles. The van der Waals surface area contributed by atoms with Crippen molar-refractivity contribution in [1.82, 2.24) is 14.7 Å². The van der Waals surface area contributed by atoms with Gasteiger partial charge in [-0.3, -0.25) is 9.69 Å². The Balaban J connectivity index is 1.85. The number of nitrogens with zero attached hydrogens (tertiary/aromatic N) is 3. The van der Waals surface area contributed by atoms with E-state index < -0.39 is 29.2 Å². The van der Waals surface area contributed by atoms with Crippen molar-refractivity contribution in [3.63, 3.8) is 0 Å². The summed E-state index contributed by atoms with van der Waals surface area (Å²) in [6.45, 7) is 1.23. The molecule has 200 valence electrons. The van der Waals surface area contributed by atoms with Crippen LogP contribution in [0.4, 0.5) is 18.0 Å². The molecule has 1 aromatic carbocycles. The highest BCUT2D eigenvalue weighted by Gasteiger charge is 2.54. The topological polar surface area (TPSA) is 99.6 Å². The lowest BCUT2D eigenvalue weighted by Crippen LogP contribution is -2.56. The summed E-state index contributed by atoms with van der Waals surface area (Å²) < 4.78 is 47.8. The number of urea groups is 1. The summed E-state index contributed by atoms with van der Waals surface area (Å²) in [5, 5.41) is 9.08. The maximum absolute atomic E-state index is 13.1. The Morgan fingerprint density at radius 3 is 2.36 bits per heavy atom. The molecule has 0 unspecified atom stereocenters. The largest absolute Gasteiger partial charge is 0.491 e. The van der Waals surface area contributed by atoms with E-state index in [2.05, 4.69) is 4.74 Å². The number of ether oxygens (including phenoxy) is 2. The lowest BCUT2D eigenvalue weighted by atomic mass is 9.68. The highest BCUT2D eigenvalue weighted by atomic mass is 19.4. The number of carbonyl (C=O) groups is 3. The van der Waals surface area contributed by atoms with Gasteiger partial charge in [0, 0.05) is 32.3 Å². The molecule has 2 fully saturated rings. The first-order valence-corrected chi connectivity index (χ1v) is 11.7. The summed E-state index contributed by atoms with van der Waals surface area (Å²) in [6.07, 6.45) is -2.89. The average molecular weight is 516 g/mol. The molecule has 0 bridgehead atoms. The molecular weight excluding hydrogens is 483 g/mol. The van der Waals surface area contributed by atoms with E-state index in [0.29, 0.717) is 50.9 Å². The van der Waals surface area contributed by atoms with Crippen LogP contribution in [-0.4, -0.2) is 96.9 Å². The van der Waals surface area contributed by atoms with Gasteiger partial charge in [0.15, 0.2) is 0 Å². The van der Waals surface area contributed by atoms with Crippen LogP contribution in [0.5, 0.6) is 5.75 Å². The maximum atomic E-state index is 13.1. The molecule has 3 rings (SSSR count). The molecule has 36 heavy (non-hydrogen) atoms. The third kappa shape index (κ3) is 5.59. The molecule has 2 amide bonds. The standard InChI is InChI=1S/C24H32F3N3O6/c1-28(2)23(17-5-4-6-18(15-17)36-20(33)24(25,26)27)10-8-22(9-11-23)16-29(12-7-19(31)32)21(34)30(22)13-14-35-3/h4-6,15H,7-14,16H2,1-3H3,(H,31,32). The maximum Gasteiger partial charge on any atom is 0.491 e. The Morgan fingerprint density at radius 1 is 1.14 bits per heavy atom. The Hall–Kier alpha value is -2.86. The van der Waals surface area contributed by atoms with E-state index in [4.69, 9.17) is 9.84 Å². The van der Waals surface area contributed by atoms with Crippen LogP contribution in [0.3, 0.4) is 0 Å². The van der Waals surface area contributed by atoms with Crippen LogP contribution in [0.25, 0.3) is 0 Å². The van der Waals surface area contributed by atoms with Gasteiger partial charge in [-0.1, -0.05) is 12.1 Å². The van der Waals surface area contributed by atoms with Crippen molar-refractivity contribution in [2.45, 2.75) is 49.4 Å². The number of carbonyl (C=O) groups excluding carboxylic acids is 2. The molecule has 1 saturated heterocycles. The molecule has 9 nitrogen and oxygen atoms in total.